The minimum absolute atomic E-state index is 0.0278. The zero-order valence-electron chi connectivity index (χ0n) is 6.32. The smallest absolute Gasteiger partial charge is 0.265 e. The maximum absolute atomic E-state index is 13.0. The van der Waals surface area contributed by atoms with Crippen LogP contribution in [-0.2, 0) is 0 Å². The Morgan fingerprint density at radius 2 is 1.77 bits per heavy atom. The Morgan fingerprint density at radius 1 is 1.08 bits per heavy atom. The fraction of sp³-hybridized carbons (Fsp3) is 0. The van der Waals surface area contributed by atoms with E-state index in [0.717, 1.165) is 6.07 Å². The highest BCUT2D eigenvalue weighted by Gasteiger charge is 2.24. The van der Waals surface area contributed by atoms with Gasteiger partial charge in [0.2, 0.25) is 0 Å². The summed E-state index contributed by atoms with van der Waals surface area (Å²) in [6, 6.07) is 3.79. The van der Waals surface area contributed by atoms with Gasteiger partial charge < -0.3 is 0 Å². The third-order valence-corrected chi connectivity index (χ3v) is 1.69. The van der Waals surface area contributed by atoms with E-state index in [1.54, 1.807) is 0 Å². The van der Waals surface area contributed by atoms with Crippen molar-refractivity contribution in [2.75, 3.05) is 0 Å². The molecule has 1 heterocycles. The van der Waals surface area contributed by atoms with Gasteiger partial charge in [-0.2, -0.15) is 0 Å². The number of rotatable bonds is 0. The van der Waals surface area contributed by atoms with Gasteiger partial charge in [-0.15, -0.1) is 10.2 Å². The normalized spacial score (nSPS) is 14.5. The third-order valence-electron chi connectivity index (χ3n) is 1.69. The quantitative estimate of drug-likeness (QED) is 0.605. The Morgan fingerprint density at radius 3 is 2.46 bits per heavy atom. The van der Waals surface area contributed by atoms with Crippen molar-refractivity contribution in [2.45, 2.75) is 0 Å². The number of carbonyl (C=O) groups excluding carboxylic acids is 2. The van der Waals surface area contributed by atoms with Crippen LogP contribution in [0.3, 0.4) is 0 Å². The van der Waals surface area contributed by atoms with Gasteiger partial charge in [0.15, 0.2) is 0 Å². The SMILES string of the molecule is O=C1N=NC(=O)c2c(F)cccc21. The number of hydrogen-bond donors (Lipinski definition) is 0. The molecular formula is C8H3FN2O2. The summed E-state index contributed by atoms with van der Waals surface area (Å²) in [5, 5.41) is 6.07. The molecule has 0 fully saturated rings. The maximum Gasteiger partial charge on any atom is 0.299 e. The average molecular weight is 178 g/mol. The van der Waals surface area contributed by atoms with Crippen molar-refractivity contribution < 1.29 is 14.0 Å². The van der Waals surface area contributed by atoms with Crippen molar-refractivity contribution >= 4 is 11.8 Å². The van der Waals surface area contributed by atoms with Gasteiger partial charge in [-0.1, -0.05) is 6.07 Å². The van der Waals surface area contributed by atoms with Crippen molar-refractivity contribution in [1.82, 2.24) is 0 Å². The molecule has 0 saturated carbocycles. The molecule has 0 unspecified atom stereocenters. The van der Waals surface area contributed by atoms with Crippen LogP contribution in [-0.4, -0.2) is 11.8 Å². The Balaban J connectivity index is 2.76. The maximum atomic E-state index is 13.0. The van der Waals surface area contributed by atoms with E-state index in [1.165, 1.54) is 12.1 Å². The second kappa shape index (κ2) is 2.55. The lowest BCUT2D eigenvalue weighted by atomic mass is 10.1. The second-order valence-electron chi connectivity index (χ2n) is 2.47. The monoisotopic (exact) mass is 178 g/mol. The molecule has 2 amide bonds. The van der Waals surface area contributed by atoms with Gasteiger partial charge in [-0.05, 0) is 12.1 Å². The molecule has 64 valence electrons. The van der Waals surface area contributed by atoms with Crippen LogP contribution in [0.25, 0.3) is 0 Å². The summed E-state index contributed by atoms with van der Waals surface area (Å²) in [7, 11) is 0. The van der Waals surface area contributed by atoms with Crippen molar-refractivity contribution in [3.63, 3.8) is 0 Å². The van der Waals surface area contributed by atoms with Crippen LogP contribution >= 0.6 is 0 Å². The van der Waals surface area contributed by atoms with E-state index in [-0.39, 0.29) is 11.1 Å². The lowest BCUT2D eigenvalue weighted by Gasteiger charge is -2.06. The van der Waals surface area contributed by atoms with E-state index in [9.17, 15) is 14.0 Å². The van der Waals surface area contributed by atoms with Crippen molar-refractivity contribution in [3.8, 4) is 0 Å². The first-order valence-electron chi connectivity index (χ1n) is 3.49. The summed E-state index contributed by atoms with van der Waals surface area (Å²) in [5.41, 5.74) is -0.317. The summed E-state index contributed by atoms with van der Waals surface area (Å²) < 4.78 is 13.0. The van der Waals surface area contributed by atoms with Crippen LogP contribution in [0.4, 0.5) is 4.39 Å². The van der Waals surface area contributed by atoms with E-state index in [4.69, 9.17) is 0 Å². The first-order valence-corrected chi connectivity index (χ1v) is 3.49. The fourth-order valence-corrected chi connectivity index (χ4v) is 1.11. The summed E-state index contributed by atoms with van der Waals surface area (Å²) in [6.45, 7) is 0. The van der Waals surface area contributed by atoms with Gasteiger partial charge in [0.1, 0.15) is 5.82 Å². The molecule has 0 spiro atoms. The third kappa shape index (κ3) is 1.05. The predicted molar refractivity (Wildman–Crippen MR) is 39.9 cm³/mol. The standard InChI is InChI=1S/C8H3FN2O2/c9-5-3-1-2-4-6(5)8(13)11-10-7(4)12/h1-3H. The van der Waals surface area contributed by atoms with Gasteiger partial charge in [-0.3, -0.25) is 9.59 Å². The Bertz CT molecular complexity index is 440. The van der Waals surface area contributed by atoms with E-state index in [2.05, 4.69) is 10.2 Å². The van der Waals surface area contributed by atoms with Gasteiger partial charge in [0.25, 0.3) is 11.8 Å². The molecule has 0 saturated heterocycles. The first-order chi connectivity index (χ1) is 6.20. The van der Waals surface area contributed by atoms with Gasteiger partial charge in [-0.25, -0.2) is 4.39 Å². The minimum Gasteiger partial charge on any atom is -0.265 e. The molecule has 0 aliphatic carbocycles. The Labute approximate surface area is 72.1 Å². The molecule has 0 bridgehead atoms. The highest BCUT2D eigenvalue weighted by atomic mass is 19.1. The van der Waals surface area contributed by atoms with Crippen LogP contribution in [0.5, 0.6) is 0 Å². The number of hydrogen-bond acceptors (Lipinski definition) is 2. The summed E-state index contributed by atoms with van der Waals surface area (Å²) in [6.07, 6.45) is 0. The molecule has 1 aromatic rings. The number of nitrogens with zero attached hydrogens (tertiary/aromatic N) is 2. The van der Waals surface area contributed by atoms with Gasteiger partial charge >= 0.3 is 0 Å². The lowest BCUT2D eigenvalue weighted by molar-refractivity contribution is 0.0917. The van der Waals surface area contributed by atoms with Gasteiger partial charge in [0.05, 0.1) is 11.1 Å². The number of benzene rings is 1. The molecule has 1 aliphatic rings. The van der Waals surface area contributed by atoms with Crippen molar-refractivity contribution in [3.05, 3.63) is 35.1 Å². The molecule has 13 heavy (non-hydrogen) atoms. The second-order valence-corrected chi connectivity index (χ2v) is 2.47. The molecule has 0 atom stereocenters. The van der Waals surface area contributed by atoms with Crippen LogP contribution < -0.4 is 0 Å². The molecule has 0 radical (unpaired) electrons. The largest absolute Gasteiger partial charge is 0.299 e. The molecule has 2 rings (SSSR count). The Kier molecular flexibility index (Phi) is 1.51. The zero-order chi connectivity index (χ0) is 9.42. The van der Waals surface area contributed by atoms with Crippen LogP contribution in [0.1, 0.15) is 20.7 Å². The first kappa shape index (κ1) is 7.72. The molecule has 1 aromatic carbocycles. The Hall–Kier alpha value is -1.91. The molecule has 0 aromatic heterocycles. The molecule has 0 N–H and O–H groups in total. The molecule has 5 heteroatoms. The van der Waals surface area contributed by atoms with E-state index in [0.29, 0.717) is 0 Å². The fourth-order valence-electron chi connectivity index (χ4n) is 1.11. The summed E-state index contributed by atoms with van der Waals surface area (Å²) in [4.78, 5) is 22.0. The average Bonchev–Trinajstić information content (AvgIpc) is 2.12. The van der Waals surface area contributed by atoms with E-state index < -0.39 is 17.6 Å². The number of fused-ring (bicyclic) bond motifs is 1. The molecule has 1 aliphatic heterocycles. The van der Waals surface area contributed by atoms with Crippen LogP contribution in [0.2, 0.25) is 0 Å². The van der Waals surface area contributed by atoms with Gasteiger partial charge in [0, 0.05) is 0 Å². The molecular weight excluding hydrogens is 175 g/mol. The summed E-state index contributed by atoms with van der Waals surface area (Å²) >= 11 is 0. The zero-order valence-corrected chi connectivity index (χ0v) is 6.32. The lowest BCUT2D eigenvalue weighted by Crippen LogP contribution is -2.12. The van der Waals surface area contributed by atoms with Crippen LogP contribution in [0, 0.1) is 5.82 Å². The molecule has 4 nitrogen and oxygen atoms in total. The van der Waals surface area contributed by atoms with Crippen molar-refractivity contribution in [2.24, 2.45) is 10.2 Å². The van der Waals surface area contributed by atoms with E-state index in [1.807, 2.05) is 0 Å². The highest BCUT2D eigenvalue weighted by Crippen LogP contribution is 2.19. The number of azo groups is 1. The number of carbonyl (C=O) groups is 2. The number of halogens is 1. The highest BCUT2D eigenvalue weighted by molar-refractivity contribution is 6.10. The van der Waals surface area contributed by atoms with Crippen molar-refractivity contribution in [1.29, 1.82) is 0 Å². The number of amides is 2. The van der Waals surface area contributed by atoms with Crippen LogP contribution in [0.15, 0.2) is 28.4 Å². The topological polar surface area (TPSA) is 58.9 Å². The minimum atomic E-state index is -0.812. The van der Waals surface area contributed by atoms with E-state index >= 15 is 0 Å². The summed E-state index contributed by atoms with van der Waals surface area (Å²) in [5.74, 6) is -2.24. The predicted octanol–water partition coefficient (Wildman–Crippen LogP) is 1.57.